The quantitative estimate of drug-likeness (QED) is 0.641. The van der Waals surface area contributed by atoms with Crippen LogP contribution < -0.4 is 0 Å². The molecule has 1 heterocycles. The summed E-state index contributed by atoms with van der Waals surface area (Å²) in [6, 6.07) is 0.501. The highest BCUT2D eigenvalue weighted by molar-refractivity contribution is 4.85. The summed E-state index contributed by atoms with van der Waals surface area (Å²) in [5.74, 6) is 0. The van der Waals surface area contributed by atoms with E-state index < -0.39 is 0 Å². The van der Waals surface area contributed by atoms with Gasteiger partial charge < -0.3 is 5.11 Å². The van der Waals surface area contributed by atoms with Gasteiger partial charge in [0.2, 0.25) is 0 Å². The number of aliphatic hydroxyl groups excluding tert-OH is 1. The van der Waals surface area contributed by atoms with Crippen LogP contribution in [0.15, 0.2) is 0 Å². The van der Waals surface area contributed by atoms with Gasteiger partial charge in [0.05, 0.1) is 6.10 Å². The molecule has 2 nitrogen and oxygen atoms in total. The molecule has 2 atom stereocenters. The van der Waals surface area contributed by atoms with Crippen LogP contribution in [0.25, 0.3) is 0 Å². The van der Waals surface area contributed by atoms with Crippen molar-refractivity contribution in [3.8, 4) is 0 Å². The van der Waals surface area contributed by atoms with E-state index in [2.05, 4.69) is 4.90 Å². The topological polar surface area (TPSA) is 23.5 Å². The van der Waals surface area contributed by atoms with E-state index in [9.17, 15) is 5.11 Å². The van der Waals surface area contributed by atoms with E-state index in [1.165, 1.54) is 45.2 Å². The first-order chi connectivity index (χ1) is 5.88. The highest BCUT2D eigenvalue weighted by Gasteiger charge is 2.29. The SMILES string of the molecule is O[C@@H]1CCCC[C@H]1N1CCCC1. The van der Waals surface area contributed by atoms with Crippen molar-refractivity contribution in [2.75, 3.05) is 13.1 Å². The Labute approximate surface area is 74.6 Å². The number of likely N-dealkylation sites (tertiary alicyclic amines) is 1. The Morgan fingerprint density at radius 3 is 2.25 bits per heavy atom. The van der Waals surface area contributed by atoms with Gasteiger partial charge in [-0.1, -0.05) is 12.8 Å². The van der Waals surface area contributed by atoms with Gasteiger partial charge in [0, 0.05) is 6.04 Å². The first-order valence-electron chi connectivity index (χ1n) is 5.30. The molecule has 0 amide bonds. The van der Waals surface area contributed by atoms with Crippen molar-refractivity contribution in [2.24, 2.45) is 0 Å². The van der Waals surface area contributed by atoms with Crippen molar-refractivity contribution >= 4 is 0 Å². The molecule has 1 saturated carbocycles. The fraction of sp³-hybridized carbons (Fsp3) is 1.00. The molecule has 1 saturated heterocycles. The molecular formula is C10H19NO. The summed E-state index contributed by atoms with van der Waals surface area (Å²) < 4.78 is 0. The number of aliphatic hydroxyl groups is 1. The molecule has 0 unspecified atom stereocenters. The molecule has 0 aromatic rings. The van der Waals surface area contributed by atoms with Gasteiger partial charge in [0.15, 0.2) is 0 Å². The molecule has 0 spiro atoms. The largest absolute Gasteiger partial charge is 0.391 e. The molecule has 2 heteroatoms. The zero-order valence-corrected chi connectivity index (χ0v) is 7.71. The van der Waals surface area contributed by atoms with Crippen LogP contribution in [-0.4, -0.2) is 35.2 Å². The van der Waals surface area contributed by atoms with E-state index in [1.54, 1.807) is 0 Å². The fourth-order valence-corrected chi connectivity index (χ4v) is 2.59. The number of nitrogens with zero attached hydrogens (tertiary/aromatic N) is 1. The van der Waals surface area contributed by atoms with Gasteiger partial charge in [0.1, 0.15) is 0 Å². The molecule has 1 aliphatic carbocycles. The minimum atomic E-state index is -0.0307. The minimum absolute atomic E-state index is 0.0307. The summed E-state index contributed by atoms with van der Waals surface area (Å²) in [6.45, 7) is 2.45. The van der Waals surface area contributed by atoms with Crippen molar-refractivity contribution in [1.82, 2.24) is 4.90 Å². The molecule has 2 aliphatic rings. The van der Waals surface area contributed by atoms with E-state index in [-0.39, 0.29) is 6.10 Å². The van der Waals surface area contributed by atoms with Crippen molar-refractivity contribution in [1.29, 1.82) is 0 Å². The smallest absolute Gasteiger partial charge is 0.0695 e. The maximum Gasteiger partial charge on any atom is 0.0695 e. The summed E-state index contributed by atoms with van der Waals surface area (Å²) in [4.78, 5) is 2.49. The van der Waals surface area contributed by atoms with Gasteiger partial charge in [-0.3, -0.25) is 4.90 Å². The summed E-state index contributed by atoms with van der Waals surface area (Å²) in [6.07, 6.45) is 7.44. The lowest BCUT2D eigenvalue weighted by atomic mass is 9.91. The van der Waals surface area contributed by atoms with E-state index >= 15 is 0 Å². The van der Waals surface area contributed by atoms with Crippen LogP contribution in [0.2, 0.25) is 0 Å². The average molecular weight is 169 g/mol. The third-order valence-electron chi connectivity index (χ3n) is 3.30. The van der Waals surface area contributed by atoms with Crippen molar-refractivity contribution in [3.05, 3.63) is 0 Å². The van der Waals surface area contributed by atoms with Crippen molar-refractivity contribution in [3.63, 3.8) is 0 Å². The van der Waals surface area contributed by atoms with Gasteiger partial charge in [-0.05, 0) is 38.8 Å². The van der Waals surface area contributed by atoms with Gasteiger partial charge >= 0.3 is 0 Å². The predicted molar refractivity (Wildman–Crippen MR) is 49.1 cm³/mol. The third kappa shape index (κ3) is 1.64. The van der Waals surface area contributed by atoms with E-state index in [0.717, 1.165) is 6.42 Å². The molecular weight excluding hydrogens is 150 g/mol. The molecule has 1 N–H and O–H groups in total. The summed E-state index contributed by atoms with van der Waals surface area (Å²) >= 11 is 0. The monoisotopic (exact) mass is 169 g/mol. The Morgan fingerprint density at radius 2 is 1.58 bits per heavy atom. The fourth-order valence-electron chi connectivity index (χ4n) is 2.59. The second-order valence-electron chi connectivity index (χ2n) is 4.16. The normalized spacial score (nSPS) is 38.8. The van der Waals surface area contributed by atoms with Crippen molar-refractivity contribution < 1.29 is 5.11 Å². The maximum absolute atomic E-state index is 9.79. The summed E-state index contributed by atoms with van der Waals surface area (Å²) in [5.41, 5.74) is 0. The van der Waals surface area contributed by atoms with Crippen molar-refractivity contribution in [2.45, 2.75) is 50.7 Å². The first kappa shape index (κ1) is 8.52. The Balaban J connectivity index is 1.91. The summed E-state index contributed by atoms with van der Waals surface area (Å²) in [7, 11) is 0. The zero-order valence-electron chi connectivity index (χ0n) is 7.71. The maximum atomic E-state index is 9.79. The Kier molecular flexibility index (Phi) is 2.66. The van der Waals surface area contributed by atoms with Crippen LogP contribution in [0.5, 0.6) is 0 Å². The molecule has 2 rings (SSSR count). The second-order valence-corrected chi connectivity index (χ2v) is 4.16. The van der Waals surface area contributed by atoms with Gasteiger partial charge in [0.25, 0.3) is 0 Å². The van der Waals surface area contributed by atoms with Gasteiger partial charge in [-0.25, -0.2) is 0 Å². The van der Waals surface area contributed by atoms with Crippen LogP contribution in [0.1, 0.15) is 38.5 Å². The first-order valence-corrected chi connectivity index (χ1v) is 5.30. The lowest BCUT2D eigenvalue weighted by Gasteiger charge is -2.34. The molecule has 1 aliphatic heterocycles. The second kappa shape index (κ2) is 3.75. The molecule has 0 aromatic carbocycles. The van der Waals surface area contributed by atoms with E-state index in [0.29, 0.717) is 6.04 Å². The van der Waals surface area contributed by atoms with Crippen LogP contribution in [0.3, 0.4) is 0 Å². The minimum Gasteiger partial charge on any atom is -0.391 e. The van der Waals surface area contributed by atoms with Crippen LogP contribution in [0.4, 0.5) is 0 Å². The average Bonchev–Trinajstić information content (AvgIpc) is 2.57. The van der Waals surface area contributed by atoms with Crippen LogP contribution in [0, 0.1) is 0 Å². The lowest BCUT2D eigenvalue weighted by Crippen LogP contribution is -2.43. The lowest BCUT2D eigenvalue weighted by molar-refractivity contribution is 0.0312. The van der Waals surface area contributed by atoms with Gasteiger partial charge in [-0.15, -0.1) is 0 Å². The number of hydrogen-bond donors (Lipinski definition) is 1. The number of hydrogen-bond acceptors (Lipinski definition) is 2. The highest BCUT2D eigenvalue weighted by Crippen LogP contribution is 2.25. The highest BCUT2D eigenvalue weighted by atomic mass is 16.3. The molecule has 0 radical (unpaired) electrons. The Hall–Kier alpha value is -0.0800. The predicted octanol–water partition coefficient (Wildman–Crippen LogP) is 1.39. The zero-order chi connectivity index (χ0) is 8.39. The Bertz CT molecular complexity index is 143. The summed E-state index contributed by atoms with van der Waals surface area (Å²) in [5, 5.41) is 9.79. The Morgan fingerprint density at radius 1 is 0.917 bits per heavy atom. The van der Waals surface area contributed by atoms with E-state index in [1.807, 2.05) is 0 Å². The van der Waals surface area contributed by atoms with Crippen LogP contribution >= 0.6 is 0 Å². The molecule has 12 heavy (non-hydrogen) atoms. The van der Waals surface area contributed by atoms with E-state index in [4.69, 9.17) is 0 Å². The van der Waals surface area contributed by atoms with Crippen LogP contribution in [-0.2, 0) is 0 Å². The number of rotatable bonds is 1. The molecule has 0 bridgehead atoms. The standard InChI is InChI=1S/C10H19NO/c12-10-6-2-1-5-9(10)11-7-3-4-8-11/h9-10,12H,1-8H2/t9-,10-/m1/s1. The molecule has 0 aromatic heterocycles. The van der Waals surface area contributed by atoms with Gasteiger partial charge in [-0.2, -0.15) is 0 Å². The molecule has 70 valence electrons. The third-order valence-corrected chi connectivity index (χ3v) is 3.30. The molecule has 2 fully saturated rings.